The van der Waals surface area contributed by atoms with Crippen molar-refractivity contribution in [2.45, 2.75) is 223 Å². The predicted molar refractivity (Wildman–Crippen MR) is 296 cm³/mol. The molecule has 538 valence electrons. The van der Waals surface area contributed by atoms with Crippen molar-refractivity contribution in [2.24, 2.45) is 0 Å². The molecule has 5 aliphatic rings. The fourth-order valence-electron chi connectivity index (χ4n) is 11.4. The van der Waals surface area contributed by atoms with E-state index in [9.17, 15) is 131 Å². The van der Waals surface area contributed by atoms with Crippen LogP contribution in [0.1, 0.15) is 33.6 Å². The first-order valence-electron chi connectivity index (χ1n) is 29.3. The molecule has 6 rings (SSSR count). The Kier molecular flexibility index (Phi) is 28.3. The molecule has 31 atom stereocenters. The first kappa shape index (κ1) is 78.1. The molecular weight excluding hydrogens is 1280 g/mol. The number of hydrogen-bond acceptors (Lipinski definition) is 36. The van der Waals surface area contributed by atoms with Gasteiger partial charge in [0, 0.05) is 46.4 Å². The molecule has 94 heavy (non-hydrogen) atoms. The molecule has 0 aromatic carbocycles. The van der Waals surface area contributed by atoms with Gasteiger partial charge in [0.05, 0.1) is 70.0 Å². The van der Waals surface area contributed by atoms with Gasteiger partial charge in [-0.15, -0.1) is 0 Å². The molecule has 0 aliphatic carbocycles. The van der Waals surface area contributed by atoms with Gasteiger partial charge in [-0.3, -0.25) is 14.4 Å². The summed E-state index contributed by atoms with van der Waals surface area (Å²) < 4.78 is 59.0. The van der Waals surface area contributed by atoms with E-state index in [1.165, 1.54) is 12.3 Å². The molecule has 6 heterocycles. The van der Waals surface area contributed by atoms with E-state index >= 15 is 0 Å². The van der Waals surface area contributed by atoms with Crippen molar-refractivity contribution in [1.82, 2.24) is 20.9 Å². The largest absolute Gasteiger partial charge is 0.477 e. The molecule has 0 saturated carbocycles. The molecule has 0 unspecified atom stereocenters. The van der Waals surface area contributed by atoms with E-state index < -0.39 is 278 Å². The standard InChI is InChI=1S/C53H85N5O36/c1-17(65)56-30-20(68)8-52(50(81)82,91-43(30)34(75)23(71)11-59)93-45-37(78)27(15-63)86-48(38(45)79)90-42-32(58-19(3)67)47(85-26(14-62)36(42)77)89-41-28(16-64)87-49(88-40(25(73)13-61)33(74)22(70)10-55-29-6-4-5-7-54-29)39(80)46(41)94-53(51(83)84)9-21(69)31(57-18(2)66)44(92-53)35(76)24(72)12-60/h4-7,20-28,30-49,59-64,68-80H,8-16H2,1-3H3,(H,54,55)(H,56,65)(H,57,66)(H,58,67)(H,81,82)(H,83,84)/t20-,21-,22-,23+,24+,25+,26+,27+,28+,30+,31+,32+,33+,34+,35+,36-,37-,38+,39+,40+,41-,42+,43+,44+,45-,46+,47-,48-,49-,52-,53-/m0/s1. The van der Waals surface area contributed by atoms with Gasteiger partial charge in [0.25, 0.3) is 11.6 Å². The second kappa shape index (κ2) is 34.1. The van der Waals surface area contributed by atoms with Crippen LogP contribution in [0.2, 0.25) is 0 Å². The Morgan fingerprint density at radius 3 is 1.43 bits per heavy atom. The Morgan fingerprint density at radius 2 is 0.979 bits per heavy atom. The highest BCUT2D eigenvalue weighted by atomic mass is 16.8. The number of aliphatic hydroxyl groups excluding tert-OH is 19. The van der Waals surface area contributed by atoms with E-state index in [4.69, 9.17) is 47.4 Å². The zero-order valence-corrected chi connectivity index (χ0v) is 50.4. The molecule has 41 nitrogen and oxygen atoms in total. The fraction of sp³-hybridized carbons (Fsp3) is 0.811. The van der Waals surface area contributed by atoms with E-state index in [0.717, 1.165) is 20.8 Å². The maximum Gasteiger partial charge on any atom is 0.364 e. The number of ether oxygens (including phenoxy) is 10. The lowest BCUT2D eigenvalue weighted by atomic mass is 9.88. The molecule has 5 saturated heterocycles. The number of hydrogen-bond donors (Lipinski definition) is 25. The van der Waals surface area contributed by atoms with E-state index in [1.54, 1.807) is 12.1 Å². The Labute approximate surface area is 532 Å². The number of aliphatic carboxylic acids is 2. The number of carbonyl (C=O) groups is 5. The molecule has 41 heteroatoms. The molecule has 0 spiro atoms. The fourth-order valence-corrected chi connectivity index (χ4v) is 11.4. The zero-order valence-electron chi connectivity index (χ0n) is 50.4. The summed E-state index contributed by atoms with van der Waals surface area (Å²) in [6, 6.07) is -1.11. The summed E-state index contributed by atoms with van der Waals surface area (Å²) in [4.78, 5) is 68.8. The third kappa shape index (κ3) is 17.9. The van der Waals surface area contributed by atoms with Crippen molar-refractivity contribution in [3.8, 4) is 0 Å². The number of pyridine rings is 1. The van der Waals surface area contributed by atoms with E-state index in [0.29, 0.717) is 0 Å². The number of anilines is 1. The molecule has 25 N–H and O–H groups in total. The molecule has 1 aromatic heterocycles. The van der Waals surface area contributed by atoms with Gasteiger partial charge in [-0.1, -0.05) is 6.07 Å². The number of carboxylic acids is 2. The zero-order chi connectivity index (χ0) is 70.0. The maximum atomic E-state index is 13.7. The van der Waals surface area contributed by atoms with E-state index in [-0.39, 0.29) is 5.82 Å². The minimum atomic E-state index is -3.48. The second-order valence-electron chi connectivity index (χ2n) is 23.0. The van der Waals surface area contributed by atoms with Gasteiger partial charge >= 0.3 is 11.9 Å². The Hall–Kier alpha value is -4.86. The van der Waals surface area contributed by atoms with E-state index in [1.807, 2.05) is 0 Å². The van der Waals surface area contributed by atoms with Crippen LogP contribution in [0.15, 0.2) is 24.4 Å². The third-order valence-corrected chi connectivity index (χ3v) is 16.2. The van der Waals surface area contributed by atoms with Gasteiger partial charge in [0.1, 0.15) is 134 Å². The molecule has 0 bridgehead atoms. The summed E-state index contributed by atoms with van der Waals surface area (Å²) >= 11 is 0. The highest BCUT2D eigenvalue weighted by Crippen LogP contribution is 2.42. The van der Waals surface area contributed by atoms with Crippen LogP contribution in [0.4, 0.5) is 5.82 Å². The van der Waals surface area contributed by atoms with Crippen molar-refractivity contribution in [3.05, 3.63) is 24.4 Å². The number of nitrogens with zero attached hydrogens (tertiary/aromatic N) is 1. The molecule has 1 aromatic rings. The van der Waals surface area contributed by atoms with Crippen LogP contribution in [-0.4, -0.2) is 377 Å². The minimum Gasteiger partial charge on any atom is -0.477 e. The van der Waals surface area contributed by atoms with Crippen LogP contribution < -0.4 is 21.3 Å². The maximum absolute atomic E-state index is 13.7. The minimum absolute atomic E-state index is 0.177. The predicted octanol–water partition coefficient (Wildman–Crippen LogP) is -14.1. The summed E-state index contributed by atoms with van der Waals surface area (Å²) in [6.45, 7) is -5.33. The van der Waals surface area contributed by atoms with Gasteiger partial charge < -0.3 is 176 Å². The van der Waals surface area contributed by atoms with Crippen LogP contribution in [0, 0.1) is 0 Å². The topological polar surface area (TPSA) is 663 Å². The summed E-state index contributed by atoms with van der Waals surface area (Å²) in [5.74, 6) is -13.9. The Morgan fingerprint density at radius 1 is 0.543 bits per heavy atom. The van der Waals surface area contributed by atoms with Crippen LogP contribution in [0.25, 0.3) is 0 Å². The van der Waals surface area contributed by atoms with Crippen molar-refractivity contribution < 1.29 is 179 Å². The number of aromatic nitrogens is 1. The average molecular weight is 1370 g/mol. The van der Waals surface area contributed by atoms with Crippen molar-refractivity contribution in [2.75, 3.05) is 51.5 Å². The lowest BCUT2D eigenvalue weighted by molar-refractivity contribution is -0.400. The molecule has 3 amide bonds. The molecule has 5 aliphatic heterocycles. The van der Waals surface area contributed by atoms with Crippen LogP contribution in [0.3, 0.4) is 0 Å². The SMILES string of the molecule is CC(=O)N[C@H]1[C@H](O[C@@H]2[C@H](O[C@]3(C(=O)O)C[C@H](O)[C@@H](NC(C)=O)[C@H]([C@H](O)[C@H](O)CO)O3)[C@@H](O)[C@H](O[C@@H]([C@H](O)[C@@H](O)CNc3ccccn3)[C@H](O)CO)O[C@@H]2CO)O[C@H](CO)[C@H](O)[C@@H]1O[C@@H]1O[C@H](CO)[C@H](O)[C@H](O[C@]2(C(=O)O)C[C@H](O)[C@@H](NC(C)=O)[C@H]([C@H](O)[C@H](O)CO)O2)[C@H]1O. The van der Waals surface area contributed by atoms with Gasteiger partial charge in [-0.05, 0) is 12.1 Å². The molecule has 5 fully saturated rings. The quantitative estimate of drug-likeness (QED) is 0.0328. The number of aliphatic hydroxyl groups is 19. The summed E-state index contributed by atoms with van der Waals surface area (Å²) in [5.41, 5.74) is 0. The monoisotopic (exact) mass is 1370 g/mol. The first-order chi connectivity index (χ1) is 44.3. The van der Waals surface area contributed by atoms with Crippen LogP contribution in [-0.2, 0) is 71.3 Å². The number of nitrogens with one attached hydrogen (secondary N) is 4. The van der Waals surface area contributed by atoms with Crippen molar-refractivity contribution in [3.63, 3.8) is 0 Å². The normalized spacial score (nSPS) is 38.9. The highest BCUT2D eigenvalue weighted by Gasteiger charge is 2.64. The molecule has 0 radical (unpaired) electrons. The van der Waals surface area contributed by atoms with Crippen LogP contribution >= 0.6 is 0 Å². The number of carboxylic acid groups (broad SMARTS) is 2. The second-order valence-corrected chi connectivity index (χ2v) is 23.0. The van der Waals surface area contributed by atoms with Gasteiger partial charge in [0.2, 0.25) is 17.7 Å². The van der Waals surface area contributed by atoms with Gasteiger partial charge in [0.15, 0.2) is 18.9 Å². The van der Waals surface area contributed by atoms with E-state index in [2.05, 4.69) is 26.3 Å². The van der Waals surface area contributed by atoms with Crippen molar-refractivity contribution in [1.29, 1.82) is 0 Å². The molecular formula is C53H85N5O36. The smallest absolute Gasteiger partial charge is 0.364 e. The number of amides is 3. The highest BCUT2D eigenvalue weighted by molar-refractivity contribution is 5.77. The number of rotatable bonds is 31. The van der Waals surface area contributed by atoms with Gasteiger partial charge in [-0.25, -0.2) is 14.6 Å². The van der Waals surface area contributed by atoms with Gasteiger partial charge in [-0.2, -0.15) is 0 Å². The Balaban J connectivity index is 1.43. The lowest BCUT2D eigenvalue weighted by Gasteiger charge is -2.52. The summed E-state index contributed by atoms with van der Waals surface area (Å²) in [7, 11) is 0. The van der Waals surface area contributed by atoms with Crippen LogP contribution in [0.5, 0.6) is 0 Å². The lowest BCUT2D eigenvalue weighted by Crippen LogP contribution is -2.72. The first-order valence-corrected chi connectivity index (χ1v) is 29.3. The number of carbonyl (C=O) groups excluding carboxylic acids is 3. The Bertz CT molecular complexity index is 2600. The third-order valence-electron chi connectivity index (χ3n) is 16.2. The van der Waals surface area contributed by atoms with Crippen molar-refractivity contribution >= 4 is 35.5 Å². The summed E-state index contributed by atoms with van der Waals surface area (Å²) in [6.07, 6.45) is -60.6. The summed E-state index contributed by atoms with van der Waals surface area (Å²) in [5, 5.41) is 241. The average Bonchev–Trinajstić information content (AvgIpc) is 0.759.